The van der Waals surface area contributed by atoms with Crippen molar-refractivity contribution >= 4 is 11.6 Å². The molecule has 1 amide bonds. The summed E-state index contributed by atoms with van der Waals surface area (Å²) in [6.07, 6.45) is 5.64. The van der Waals surface area contributed by atoms with Gasteiger partial charge in [0.15, 0.2) is 6.61 Å². The Balaban J connectivity index is 1.48. The van der Waals surface area contributed by atoms with Crippen molar-refractivity contribution in [1.82, 2.24) is 14.9 Å². The number of imidazole rings is 1. The van der Waals surface area contributed by atoms with E-state index in [-0.39, 0.29) is 17.9 Å². The van der Waals surface area contributed by atoms with E-state index in [1.807, 2.05) is 67.1 Å². The van der Waals surface area contributed by atoms with E-state index >= 15 is 0 Å². The summed E-state index contributed by atoms with van der Waals surface area (Å²) in [5.41, 5.74) is 2.03. The minimum absolute atomic E-state index is 0.0243. The van der Waals surface area contributed by atoms with Crippen LogP contribution in [0.15, 0.2) is 73.3 Å². The number of nitrogens with zero attached hydrogens (tertiary/aromatic N) is 2. The zero-order valence-corrected chi connectivity index (χ0v) is 17.8. The molecule has 0 spiro atoms. The van der Waals surface area contributed by atoms with Crippen LogP contribution in [0.1, 0.15) is 26.3 Å². The van der Waals surface area contributed by atoms with Crippen molar-refractivity contribution in [3.63, 3.8) is 0 Å². The smallest absolute Gasteiger partial charge is 0.262 e. The summed E-state index contributed by atoms with van der Waals surface area (Å²) >= 11 is 0. The highest BCUT2D eigenvalue weighted by molar-refractivity contribution is 5.91. The van der Waals surface area contributed by atoms with E-state index in [0.29, 0.717) is 11.8 Å². The van der Waals surface area contributed by atoms with Gasteiger partial charge in [-0.3, -0.25) is 4.79 Å². The number of amides is 1. The van der Waals surface area contributed by atoms with Gasteiger partial charge in [-0.25, -0.2) is 4.98 Å². The van der Waals surface area contributed by atoms with Crippen LogP contribution in [0.4, 0.5) is 5.69 Å². The van der Waals surface area contributed by atoms with Gasteiger partial charge in [0.1, 0.15) is 5.75 Å². The summed E-state index contributed by atoms with van der Waals surface area (Å²) in [6.45, 7) is 8.30. The van der Waals surface area contributed by atoms with Crippen LogP contribution in [-0.2, 0) is 17.9 Å². The normalized spacial score (nSPS) is 12.4. The molecule has 1 atom stereocenters. The van der Waals surface area contributed by atoms with Crippen LogP contribution in [0.2, 0.25) is 0 Å². The van der Waals surface area contributed by atoms with Gasteiger partial charge in [-0.1, -0.05) is 51.1 Å². The maximum atomic E-state index is 12.0. The topological polar surface area (TPSA) is 68.2 Å². The first-order chi connectivity index (χ1) is 14.4. The summed E-state index contributed by atoms with van der Waals surface area (Å²) < 4.78 is 7.70. The van der Waals surface area contributed by atoms with E-state index in [1.54, 1.807) is 6.20 Å². The molecule has 0 radical (unpaired) electrons. The number of carbonyl (C=O) groups is 1. The largest absolute Gasteiger partial charge is 0.484 e. The molecule has 0 bridgehead atoms. The molecule has 0 saturated heterocycles. The molecule has 0 saturated carbocycles. The Bertz CT molecular complexity index is 901. The standard InChI is InChI=1S/C24H30N4O2/c1-24(2,3)22(16-28-14-13-25-18-28)26-15-19-9-11-21(12-10-19)30-17-23(29)27-20-7-5-4-6-8-20/h4-14,18,22,26H,15-17H2,1-3H3,(H,27,29)/t22-/m1/s1. The first-order valence-corrected chi connectivity index (χ1v) is 10.2. The Morgan fingerprint density at radius 3 is 2.47 bits per heavy atom. The zero-order chi connectivity index (χ0) is 21.4. The minimum Gasteiger partial charge on any atom is -0.484 e. The first kappa shape index (κ1) is 21.6. The lowest BCUT2D eigenvalue weighted by Gasteiger charge is -2.32. The number of aromatic nitrogens is 2. The van der Waals surface area contributed by atoms with Gasteiger partial charge in [0, 0.05) is 37.2 Å². The number of nitrogens with one attached hydrogen (secondary N) is 2. The van der Waals surface area contributed by atoms with E-state index in [0.717, 1.165) is 24.3 Å². The molecule has 6 heteroatoms. The molecule has 30 heavy (non-hydrogen) atoms. The van der Waals surface area contributed by atoms with E-state index in [4.69, 9.17) is 4.74 Å². The van der Waals surface area contributed by atoms with Crippen LogP contribution in [0.3, 0.4) is 0 Å². The van der Waals surface area contributed by atoms with Crippen molar-refractivity contribution in [2.75, 3.05) is 11.9 Å². The number of anilines is 1. The number of rotatable bonds is 9. The Kier molecular flexibility index (Phi) is 7.25. The number of ether oxygens (including phenoxy) is 1. The van der Waals surface area contributed by atoms with E-state index in [9.17, 15) is 4.79 Å². The van der Waals surface area contributed by atoms with Crippen LogP contribution in [0.5, 0.6) is 5.75 Å². The van der Waals surface area contributed by atoms with E-state index in [2.05, 4.69) is 41.0 Å². The maximum absolute atomic E-state index is 12.0. The quantitative estimate of drug-likeness (QED) is 0.561. The second-order valence-corrected chi connectivity index (χ2v) is 8.41. The molecule has 3 aromatic rings. The average molecular weight is 407 g/mol. The molecule has 1 aromatic heterocycles. The van der Waals surface area contributed by atoms with Gasteiger partial charge in [-0.2, -0.15) is 0 Å². The first-order valence-electron chi connectivity index (χ1n) is 10.2. The number of para-hydroxylation sites is 1. The van der Waals surface area contributed by atoms with Crippen molar-refractivity contribution in [1.29, 1.82) is 0 Å². The van der Waals surface area contributed by atoms with Crippen LogP contribution in [0, 0.1) is 5.41 Å². The molecule has 6 nitrogen and oxygen atoms in total. The fourth-order valence-corrected chi connectivity index (χ4v) is 3.06. The monoisotopic (exact) mass is 406 g/mol. The van der Waals surface area contributed by atoms with Crippen LogP contribution in [0.25, 0.3) is 0 Å². The van der Waals surface area contributed by atoms with Crippen molar-refractivity contribution in [3.8, 4) is 5.75 Å². The Hall–Kier alpha value is -3.12. The fraction of sp³-hybridized carbons (Fsp3) is 0.333. The summed E-state index contributed by atoms with van der Waals surface area (Å²) in [5.74, 6) is 0.493. The predicted molar refractivity (Wildman–Crippen MR) is 119 cm³/mol. The van der Waals surface area contributed by atoms with Crippen molar-refractivity contribution in [3.05, 3.63) is 78.9 Å². The molecular formula is C24H30N4O2. The highest BCUT2D eigenvalue weighted by atomic mass is 16.5. The van der Waals surface area contributed by atoms with Gasteiger partial charge < -0.3 is 19.9 Å². The molecule has 0 fully saturated rings. The fourth-order valence-electron chi connectivity index (χ4n) is 3.06. The lowest BCUT2D eigenvalue weighted by atomic mass is 9.86. The van der Waals surface area contributed by atoms with Gasteiger partial charge in [-0.15, -0.1) is 0 Å². The Morgan fingerprint density at radius 2 is 1.83 bits per heavy atom. The van der Waals surface area contributed by atoms with Crippen LogP contribution in [-0.4, -0.2) is 28.1 Å². The summed E-state index contributed by atoms with van der Waals surface area (Å²) in [6, 6.07) is 17.5. The van der Waals surface area contributed by atoms with Crippen LogP contribution < -0.4 is 15.4 Å². The van der Waals surface area contributed by atoms with Crippen molar-refractivity contribution < 1.29 is 9.53 Å². The summed E-state index contributed by atoms with van der Waals surface area (Å²) in [7, 11) is 0. The van der Waals surface area contributed by atoms with Gasteiger partial charge >= 0.3 is 0 Å². The molecular weight excluding hydrogens is 376 g/mol. The van der Waals surface area contributed by atoms with Crippen LogP contribution >= 0.6 is 0 Å². The maximum Gasteiger partial charge on any atom is 0.262 e. The molecule has 158 valence electrons. The average Bonchev–Trinajstić information content (AvgIpc) is 3.23. The molecule has 2 N–H and O–H groups in total. The molecule has 0 aliphatic carbocycles. The van der Waals surface area contributed by atoms with Gasteiger partial charge in [-0.05, 0) is 35.2 Å². The van der Waals surface area contributed by atoms with Crippen molar-refractivity contribution in [2.24, 2.45) is 5.41 Å². The third-order valence-electron chi connectivity index (χ3n) is 4.90. The minimum atomic E-state index is -0.181. The van der Waals surface area contributed by atoms with Crippen molar-refractivity contribution in [2.45, 2.75) is 39.9 Å². The molecule has 3 rings (SSSR count). The SMILES string of the molecule is CC(C)(C)[C@@H](Cn1ccnc1)NCc1ccc(OCC(=O)Nc2ccccc2)cc1. The second-order valence-electron chi connectivity index (χ2n) is 8.41. The lowest BCUT2D eigenvalue weighted by molar-refractivity contribution is -0.118. The Labute approximate surface area is 178 Å². The number of hydrogen-bond acceptors (Lipinski definition) is 4. The third-order valence-corrected chi connectivity index (χ3v) is 4.90. The second kappa shape index (κ2) is 10.1. The Morgan fingerprint density at radius 1 is 1.10 bits per heavy atom. The molecule has 2 aromatic carbocycles. The van der Waals surface area contributed by atoms with E-state index < -0.39 is 0 Å². The highest BCUT2D eigenvalue weighted by Gasteiger charge is 2.24. The lowest BCUT2D eigenvalue weighted by Crippen LogP contribution is -2.42. The van der Waals surface area contributed by atoms with E-state index in [1.165, 1.54) is 0 Å². The molecule has 0 aliphatic heterocycles. The summed E-state index contributed by atoms with van der Waals surface area (Å²) in [5, 5.41) is 6.47. The molecule has 0 aliphatic rings. The number of benzene rings is 2. The van der Waals surface area contributed by atoms with Gasteiger partial charge in [0.2, 0.25) is 0 Å². The highest BCUT2D eigenvalue weighted by Crippen LogP contribution is 2.21. The zero-order valence-electron chi connectivity index (χ0n) is 17.8. The molecule has 1 heterocycles. The van der Waals surface area contributed by atoms with Gasteiger partial charge in [0.25, 0.3) is 5.91 Å². The predicted octanol–water partition coefficient (Wildman–Crippen LogP) is 4.11. The third kappa shape index (κ3) is 6.74. The number of carbonyl (C=O) groups excluding carboxylic acids is 1. The molecule has 0 unspecified atom stereocenters. The number of hydrogen-bond donors (Lipinski definition) is 2. The summed E-state index contributed by atoms with van der Waals surface area (Å²) in [4.78, 5) is 16.1. The van der Waals surface area contributed by atoms with Gasteiger partial charge in [0.05, 0.1) is 6.33 Å².